The topological polar surface area (TPSA) is 198 Å². The summed E-state index contributed by atoms with van der Waals surface area (Å²) in [6, 6.07) is 21.3. The number of hydrogen-bond acceptors (Lipinski definition) is 12. The van der Waals surface area contributed by atoms with E-state index in [1.807, 2.05) is 47.4 Å². The number of carbonyl (C=O) groups excluding carboxylic acids is 4. The maximum Gasteiger partial charge on any atom is 0.255 e. The molecule has 0 saturated carbocycles. The second kappa shape index (κ2) is 15.1. The van der Waals surface area contributed by atoms with Crippen molar-refractivity contribution in [2.24, 2.45) is 0 Å². The van der Waals surface area contributed by atoms with Crippen LogP contribution in [0.15, 0.2) is 91.4 Å². The lowest BCUT2D eigenvalue weighted by Gasteiger charge is -2.32. The number of anilines is 4. The molecule has 0 bridgehead atoms. The predicted octanol–water partition coefficient (Wildman–Crippen LogP) is 4.55. The molecule has 55 heavy (non-hydrogen) atoms. The summed E-state index contributed by atoms with van der Waals surface area (Å²) in [6.07, 6.45) is 8.31. The number of benzene rings is 3. The Kier molecular flexibility index (Phi) is 9.64. The predicted molar refractivity (Wildman–Crippen MR) is 206 cm³/mol. The molecule has 3 aromatic carbocycles. The number of piperidine rings is 2. The van der Waals surface area contributed by atoms with E-state index in [1.54, 1.807) is 48.9 Å². The van der Waals surface area contributed by atoms with Crippen LogP contribution in [0.2, 0.25) is 0 Å². The van der Waals surface area contributed by atoms with Crippen LogP contribution >= 0.6 is 0 Å². The number of allylic oxidation sites excluding steroid dienone is 1. The summed E-state index contributed by atoms with van der Waals surface area (Å²) in [6.45, 7) is 1.38. The third kappa shape index (κ3) is 7.44. The quantitative estimate of drug-likeness (QED) is 0.0996. The fourth-order valence-electron chi connectivity index (χ4n) is 7.11. The molecule has 5 aromatic rings. The molecule has 15 nitrogen and oxygen atoms in total. The monoisotopic (exact) mass is 735 g/mol. The number of hydrogen-bond donors (Lipinski definition) is 5. The molecule has 5 heterocycles. The van der Waals surface area contributed by atoms with Crippen LogP contribution in [-0.2, 0) is 16.1 Å². The molecule has 0 spiro atoms. The number of likely N-dealkylation sites (tertiary alicyclic amines) is 1. The lowest BCUT2D eigenvalue weighted by molar-refractivity contribution is -0.136. The number of rotatable bonds is 10. The first-order valence-corrected chi connectivity index (χ1v) is 18.0. The number of nitrogens with zero attached hydrogens (tertiary/aromatic N) is 6. The fraction of sp³-hybridized carbons (Fsp3) is 0.225. The maximum atomic E-state index is 13.6. The number of imide groups is 1. The fourth-order valence-corrected chi connectivity index (χ4v) is 7.11. The van der Waals surface area contributed by atoms with Gasteiger partial charge in [0.15, 0.2) is 0 Å². The summed E-state index contributed by atoms with van der Waals surface area (Å²) < 4.78 is 0. The van der Waals surface area contributed by atoms with Gasteiger partial charge in [-0.3, -0.25) is 29.5 Å². The molecule has 2 saturated heterocycles. The van der Waals surface area contributed by atoms with E-state index in [4.69, 9.17) is 5.41 Å². The molecule has 2 fully saturated rings. The summed E-state index contributed by atoms with van der Waals surface area (Å²) in [7, 11) is 0. The van der Waals surface area contributed by atoms with Crippen LogP contribution in [0.5, 0.6) is 0 Å². The lowest BCUT2D eigenvalue weighted by Crippen LogP contribution is -2.52. The summed E-state index contributed by atoms with van der Waals surface area (Å²) in [5, 5.41) is 20.2. The third-order valence-corrected chi connectivity index (χ3v) is 10.0. The van der Waals surface area contributed by atoms with Crippen molar-refractivity contribution in [2.45, 2.75) is 44.3 Å². The van der Waals surface area contributed by atoms with Crippen molar-refractivity contribution in [3.05, 3.63) is 114 Å². The van der Waals surface area contributed by atoms with Crippen LogP contribution in [0.3, 0.4) is 0 Å². The molecule has 0 aliphatic carbocycles. The standard InChI is InChI=1S/C40H37N11O4/c41-20-25(33-22-44-31-8-1-2-9-32(31)46-33)21-43-26-14-17-50(18-15-26)38(54)24-5-3-6-27(19-24)45-40-42-16-13-35(48-40)47-30-10-4-7-28-29(30)23-51(39(28)55)34-11-12-36(52)49-37(34)53/h1-10,13,16,19-22,26,34,41,43H,11-12,14-15,17-18,23H2,(H,49,52,53)(H2,42,45,47,48)/b25-21+,41-20?. The SMILES string of the molecule is N=C/C(=C\NC1CCN(C(=O)c2cccc(Nc3nccc(Nc4cccc5c4CN(C4CCC(=O)NC4=O)C5=O)n3)c2)CC1)c1cnc2ccccc2n1. The zero-order valence-corrected chi connectivity index (χ0v) is 29.7. The smallest absolute Gasteiger partial charge is 0.255 e. The molecule has 0 radical (unpaired) electrons. The van der Waals surface area contributed by atoms with Crippen LogP contribution in [0, 0.1) is 5.41 Å². The van der Waals surface area contributed by atoms with Gasteiger partial charge in [0.05, 0.1) is 22.9 Å². The van der Waals surface area contributed by atoms with Gasteiger partial charge in [0.25, 0.3) is 11.8 Å². The molecule has 15 heteroatoms. The molecular formula is C40H37N11O4. The van der Waals surface area contributed by atoms with Gasteiger partial charge in [-0.2, -0.15) is 4.98 Å². The Hall–Kier alpha value is -7.03. The van der Waals surface area contributed by atoms with Gasteiger partial charge in [-0.25, -0.2) is 9.97 Å². The van der Waals surface area contributed by atoms with Gasteiger partial charge >= 0.3 is 0 Å². The largest absolute Gasteiger partial charge is 0.387 e. The van der Waals surface area contributed by atoms with Gasteiger partial charge in [0.2, 0.25) is 17.8 Å². The first kappa shape index (κ1) is 35.0. The lowest BCUT2D eigenvalue weighted by atomic mass is 10.0. The Morgan fingerprint density at radius 1 is 0.891 bits per heavy atom. The molecule has 1 atom stereocenters. The molecule has 5 N–H and O–H groups in total. The number of aromatic nitrogens is 4. The van der Waals surface area contributed by atoms with Crippen LogP contribution in [0.25, 0.3) is 16.6 Å². The van der Waals surface area contributed by atoms with Crippen molar-refractivity contribution >= 4 is 69.6 Å². The molecule has 4 amide bonds. The number of amides is 4. The molecule has 1 unspecified atom stereocenters. The summed E-state index contributed by atoms with van der Waals surface area (Å²) >= 11 is 0. The average molecular weight is 736 g/mol. The van der Waals surface area contributed by atoms with E-state index in [0.717, 1.165) is 29.4 Å². The van der Waals surface area contributed by atoms with Crippen LogP contribution < -0.4 is 21.3 Å². The molecule has 2 aromatic heterocycles. The normalized spacial score (nSPS) is 17.5. The van der Waals surface area contributed by atoms with Gasteiger partial charge in [0.1, 0.15) is 11.9 Å². The number of fused-ring (bicyclic) bond motifs is 2. The highest BCUT2D eigenvalue weighted by atomic mass is 16.2. The van der Waals surface area contributed by atoms with E-state index in [2.05, 4.69) is 41.2 Å². The minimum absolute atomic E-state index is 0.0700. The Morgan fingerprint density at radius 3 is 2.53 bits per heavy atom. The first-order valence-electron chi connectivity index (χ1n) is 18.0. The van der Waals surface area contributed by atoms with Gasteiger partial charge < -0.3 is 31.2 Å². The molecule has 3 aliphatic heterocycles. The summed E-state index contributed by atoms with van der Waals surface area (Å²) in [5.74, 6) is -0.330. The minimum Gasteiger partial charge on any atom is -0.387 e. The zero-order chi connectivity index (χ0) is 37.9. The van der Waals surface area contributed by atoms with Gasteiger partial charge in [-0.05, 0) is 67.8 Å². The van der Waals surface area contributed by atoms with E-state index < -0.39 is 11.9 Å². The number of nitrogens with one attached hydrogen (secondary N) is 5. The second-order valence-electron chi connectivity index (χ2n) is 13.5. The van der Waals surface area contributed by atoms with Crippen molar-refractivity contribution in [3.63, 3.8) is 0 Å². The highest BCUT2D eigenvalue weighted by Gasteiger charge is 2.40. The van der Waals surface area contributed by atoms with Crippen molar-refractivity contribution in [3.8, 4) is 0 Å². The first-order chi connectivity index (χ1) is 26.8. The highest BCUT2D eigenvalue weighted by molar-refractivity contribution is 6.08. The second-order valence-corrected chi connectivity index (χ2v) is 13.5. The zero-order valence-electron chi connectivity index (χ0n) is 29.7. The average Bonchev–Trinajstić information content (AvgIpc) is 3.54. The Balaban J connectivity index is 0.877. The van der Waals surface area contributed by atoms with E-state index in [9.17, 15) is 19.2 Å². The Bertz CT molecular complexity index is 2370. The van der Waals surface area contributed by atoms with E-state index in [1.165, 1.54) is 11.1 Å². The van der Waals surface area contributed by atoms with Crippen molar-refractivity contribution in [1.29, 1.82) is 5.41 Å². The molecular weight excluding hydrogens is 699 g/mol. The van der Waals surface area contributed by atoms with Crippen LogP contribution in [0.1, 0.15) is 57.7 Å². The van der Waals surface area contributed by atoms with Crippen LogP contribution in [-0.4, -0.2) is 84.8 Å². The Labute approximate surface area is 315 Å². The molecule has 276 valence electrons. The van der Waals surface area contributed by atoms with Gasteiger partial charge in [0, 0.05) is 84.3 Å². The van der Waals surface area contributed by atoms with E-state index in [0.29, 0.717) is 58.6 Å². The molecule has 8 rings (SSSR count). The third-order valence-electron chi connectivity index (χ3n) is 10.0. The van der Waals surface area contributed by atoms with Crippen LogP contribution in [0.4, 0.5) is 23.1 Å². The minimum atomic E-state index is -0.709. The Morgan fingerprint density at radius 2 is 1.71 bits per heavy atom. The van der Waals surface area contributed by atoms with E-state index in [-0.39, 0.29) is 43.1 Å². The van der Waals surface area contributed by atoms with Gasteiger partial charge in [-0.1, -0.05) is 24.3 Å². The maximum absolute atomic E-state index is 13.6. The van der Waals surface area contributed by atoms with Crippen molar-refractivity contribution in [2.75, 3.05) is 23.7 Å². The molecule has 3 aliphatic rings. The summed E-state index contributed by atoms with van der Waals surface area (Å²) in [4.78, 5) is 72.5. The van der Waals surface area contributed by atoms with E-state index >= 15 is 0 Å². The number of carbonyl (C=O) groups is 4. The van der Waals surface area contributed by atoms with Gasteiger partial charge in [-0.15, -0.1) is 0 Å². The summed E-state index contributed by atoms with van der Waals surface area (Å²) in [5.41, 5.74) is 5.89. The van der Waals surface area contributed by atoms with Crippen molar-refractivity contribution < 1.29 is 19.2 Å². The van der Waals surface area contributed by atoms with Crippen molar-refractivity contribution in [1.82, 2.24) is 40.4 Å². The number of para-hydroxylation sites is 2. The highest BCUT2D eigenvalue weighted by Crippen LogP contribution is 2.33.